The van der Waals surface area contributed by atoms with Gasteiger partial charge in [0.15, 0.2) is 29.0 Å². The molecule has 1 atom stereocenters. The van der Waals surface area contributed by atoms with E-state index in [1.54, 1.807) is 12.1 Å². The summed E-state index contributed by atoms with van der Waals surface area (Å²) >= 11 is 0. The van der Waals surface area contributed by atoms with Gasteiger partial charge in [-0.2, -0.15) is 0 Å². The molecule has 1 N–H and O–H groups in total. The summed E-state index contributed by atoms with van der Waals surface area (Å²) in [7, 11) is 0. The second-order valence-corrected chi connectivity index (χ2v) is 7.35. The van der Waals surface area contributed by atoms with Crippen molar-refractivity contribution in [2.24, 2.45) is 0 Å². The molecule has 0 saturated carbocycles. The molecule has 1 unspecified atom stereocenters. The quantitative estimate of drug-likeness (QED) is 0.458. The molecule has 1 aliphatic carbocycles. The van der Waals surface area contributed by atoms with Crippen LogP contribution in [0.15, 0.2) is 18.2 Å². The van der Waals surface area contributed by atoms with E-state index in [0.29, 0.717) is 24.0 Å². The molecule has 0 fully saturated rings. The summed E-state index contributed by atoms with van der Waals surface area (Å²) < 4.78 is 56.8. The number of rotatable bonds is 6. The van der Waals surface area contributed by atoms with Gasteiger partial charge < -0.3 is 5.11 Å². The third-order valence-electron chi connectivity index (χ3n) is 5.53. The summed E-state index contributed by atoms with van der Waals surface area (Å²) in [6.07, 6.45) is 5.36. The Kier molecular flexibility index (Phi) is 6.08. The first-order chi connectivity index (χ1) is 12.9. The molecule has 0 aromatic heterocycles. The summed E-state index contributed by atoms with van der Waals surface area (Å²) in [6, 6.07) is 4.33. The Labute approximate surface area is 157 Å². The molecule has 0 amide bonds. The minimum absolute atomic E-state index is 0.218. The van der Waals surface area contributed by atoms with Gasteiger partial charge in [-0.15, -0.1) is 0 Å². The smallest absolute Gasteiger partial charge is 0.188 e. The van der Waals surface area contributed by atoms with Gasteiger partial charge in [-0.25, -0.2) is 17.6 Å². The number of fused-ring (bicyclic) bond motifs is 1. The van der Waals surface area contributed by atoms with Crippen LogP contribution in [0.4, 0.5) is 17.6 Å². The van der Waals surface area contributed by atoms with Crippen molar-refractivity contribution < 1.29 is 22.7 Å². The third kappa shape index (κ3) is 3.97. The number of hydrogen-bond donors (Lipinski definition) is 1. The van der Waals surface area contributed by atoms with E-state index in [2.05, 4.69) is 6.92 Å². The molecule has 1 aliphatic rings. The zero-order valence-corrected chi connectivity index (χ0v) is 15.4. The van der Waals surface area contributed by atoms with Crippen LogP contribution in [-0.4, -0.2) is 5.11 Å². The lowest BCUT2D eigenvalue weighted by Gasteiger charge is -2.26. The number of aromatic hydroxyl groups is 1. The summed E-state index contributed by atoms with van der Waals surface area (Å²) in [5.41, 5.74) is 1.30. The molecule has 27 heavy (non-hydrogen) atoms. The molecule has 146 valence electrons. The van der Waals surface area contributed by atoms with E-state index in [9.17, 15) is 22.7 Å². The molecule has 2 aromatic rings. The maximum atomic E-state index is 14.7. The highest BCUT2D eigenvalue weighted by atomic mass is 19.2. The van der Waals surface area contributed by atoms with Crippen molar-refractivity contribution in [3.05, 3.63) is 63.7 Å². The van der Waals surface area contributed by atoms with E-state index >= 15 is 0 Å². The predicted molar refractivity (Wildman–Crippen MR) is 97.0 cm³/mol. The van der Waals surface area contributed by atoms with Crippen LogP contribution in [0.25, 0.3) is 0 Å². The fourth-order valence-corrected chi connectivity index (χ4v) is 3.96. The number of aryl methyl sites for hydroxylation is 1. The van der Waals surface area contributed by atoms with Gasteiger partial charge in [0.25, 0.3) is 0 Å². The molecule has 0 aliphatic heterocycles. The number of unbranched alkanes of at least 4 members (excludes halogenated alkanes) is 3. The van der Waals surface area contributed by atoms with Crippen LogP contribution in [0, 0.1) is 23.3 Å². The highest BCUT2D eigenvalue weighted by molar-refractivity contribution is 5.42. The Hall–Kier alpha value is -2.04. The first kappa shape index (κ1) is 19.7. The minimum Gasteiger partial charge on any atom is -0.503 e. The highest BCUT2D eigenvalue weighted by Crippen LogP contribution is 2.38. The van der Waals surface area contributed by atoms with Crippen LogP contribution >= 0.6 is 0 Å². The van der Waals surface area contributed by atoms with Gasteiger partial charge in [0.1, 0.15) is 0 Å². The summed E-state index contributed by atoms with van der Waals surface area (Å²) in [6.45, 7) is 2.09. The van der Waals surface area contributed by atoms with Gasteiger partial charge in [0.2, 0.25) is 0 Å². The van der Waals surface area contributed by atoms with Crippen LogP contribution in [0.3, 0.4) is 0 Å². The number of benzene rings is 2. The van der Waals surface area contributed by atoms with Crippen molar-refractivity contribution in [3.8, 4) is 5.75 Å². The molecule has 0 radical (unpaired) electrons. The van der Waals surface area contributed by atoms with E-state index in [0.717, 1.165) is 31.7 Å². The Bertz CT molecular complexity index is 832. The highest BCUT2D eigenvalue weighted by Gasteiger charge is 2.28. The van der Waals surface area contributed by atoms with Crippen LogP contribution in [-0.2, 0) is 19.3 Å². The van der Waals surface area contributed by atoms with E-state index < -0.39 is 29.0 Å². The molecular formula is C22H24F4O. The fraction of sp³-hybridized carbons (Fsp3) is 0.455. The zero-order valence-electron chi connectivity index (χ0n) is 15.4. The van der Waals surface area contributed by atoms with Gasteiger partial charge in [0, 0.05) is 0 Å². The number of phenolic OH excluding ortho intramolecular Hbond substituents is 1. The molecule has 2 aromatic carbocycles. The average Bonchev–Trinajstić information content (AvgIpc) is 2.66. The zero-order chi connectivity index (χ0) is 19.6. The van der Waals surface area contributed by atoms with Gasteiger partial charge in [-0.3, -0.25) is 0 Å². The Morgan fingerprint density at radius 1 is 1.00 bits per heavy atom. The third-order valence-corrected chi connectivity index (χ3v) is 5.53. The largest absolute Gasteiger partial charge is 0.503 e. The second kappa shape index (κ2) is 8.32. The molecular weight excluding hydrogens is 356 g/mol. The van der Waals surface area contributed by atoms with Gasteiger partial charge in [-0.05, 0) is 66.3 Å². The van der Waals surface area contributed by atoms with E-state index in [1.807, 2.05) is 0 Å². The minimum atomic E-state index is -1.03. The van der Waals surface area contributed by atoms with Crippen LogP contribution in [0.5, 0.6) is 5.75 Å². The lowest BCUT2D eigenvalue weighted by Crippen LogP contribution is -2.17. The summed E-state index contributed by atoms with van der Waals surface area (Å²) in [4.78, 5) is 0. The second-order valence-electron chi connectivity index (χ2n) is 7.35. The van der Waals surface area contributed by atoms with E-state index in [-0.39, 0.29) is 29.9 Å². The first-order valence-electron chi connectivity index (χ1n) is 9.59. The molecule has 3 rings (SSSR count). The van der Waals surface area contributed by atoms with Crippen LogP contribution < -0.4 is 0 Å². The fourth-order valence-electron chi connectivity index (χ4n) is 3.96. The SMILES string of the molecule is CCCCCCc1ccc(C2CCc3c(cc(F)c(O)c3F)C2)c(F)c1F. The van der Waals surface area contributed by atoms with Crippen molar-refractivity contribution in [1.29, 1.82) is 0 Å². The molecule has 1 nitrogen and oxygen atoms in total. The molecule has 0 heterocycles. The van der Waals surface area contributed by atoms with Crippen molar-refractivity contribution in [1.82, 2.24) is 0 Å². The Balaban J connectivity index is 1.80. The molecule has 0 bridgehead atoms. The van der Waals surface area contributed by atoms with Crippen molar-refractivity contribution >= 4 is 0 Å². The van der Waals surface area contributed by atoms with Gasteiger partial charge >= 0.3 is 0 Å². The summed E-state index contributed by atoms with van der Waals surface area (Å²) in [5.74, 6) is -4.95. The lowest BCUT2D eigenvalue weighted by atomic mass is 9.79. The molecule has 0 saturated heterocycles. The maximum absolute atomic E-state index is 14.7. The topological polar surface area (TPSA) is 20.2 Å². The van der Waals surface area contributed by atoms with Gasteiger partial charge in [-0.1, -0.05) is 38.3 Å². The number of phenols is 1. The predicted octanol–water partition coefficient (Wildman–Crippen LogP) is 6.34. The van der Waals surface area contributed by atoms with Crippen molar-refractivity contribution in [2.45, 2.75) is 64.2 Å². The van der Waals surface area contributed by atoms with E-state index in [4.69, 9.17) is 0 Å². The normalized spacial score (nSPS) is 16.4. The Morgan fingerprint density at radius 2 is 1.78 bits per heavy atom. The van der Waals surface area contributed by atoms with Crippen LogP contribution in [0.2, 0.25) is 0 Å². The maximum Gasteiger partial charge on any atom is 0.188 e. The van der Waals surface area contributed by atoms with Gasteiger partial charge in [0.05, 0.1) is 0 Å². The van der Waals surface area contributed by atoms with Crippen molar-refractivity contribution in [3.63, 3.8) is 0 Å². The lowest BCUT2D eigenvalue weighted by molar-refractivity contribution is 0.386. The van der Waals surface area contributed by atoms with Crippen molar-refractivity contribution in [2.75, 3.05) is 0 Å². The molecule has 0 spiro atoms. The Morgan fingerprint density at radius 3 is 2.52 bits per heavy atom. The number of halogens is 4. The average molecular weight is 380 g/mol. The van der Waals surface area contributed by atoms with Crippen LogP contribution in [0.1, 0.15) is 67.2 Å². The monoisotopic (exact) mass is 380 g/mol. The molecule has 5 heteroatoms. The summed E-state index contributed by atoms with van der Waals surface area (Å²) in [5, 5.41) is 9.40. The standard InChI is InChI=1S/C22H24F4O/c1-2-3-4-5-6-13-7-9-16(20(25)19(13)24)14-8-10-17-15(11-14)12-18(23)22(27)21(17)26/h7,9,12,14,27H,2-6,8,10-11H2,1H3. The first-order valence-corrected chi connectivity index (χ1v) is 9.59. The van der Waals surface area contributed by atoms with E-state index in [1.165, 1.54) is 0 Å². The number of hydrogen-bond acceptors (Lipinski definition) is 1.